The summed E-state index contributed by atoms with van der Waals surface area (Å²) in [5, 5.41) is 4.40. The maximum Gasteiger partial charge on any atom is 0.437 e. The van der Waals surface area contributed by atoms with Crippen LogP contribution in [0, 0.1) is 5.82 Å². The summed E-state index contributed by atoms with van der Waals surface area (Å²) in [6.07, 6.45) is 0. The summed E-state index contributed by atoms with van der Waals surface area (Å²) in [4.78, 5) is 40.8. The molecule has 0 aliphatic rings. The first-order valence-corrected chi connectivity index (χ1v) is 8.53. The predicted molar refractivity (Wildman–Crippen MR) is 100 cm³/mol. The van der Waals surface area contributed by atoms with Crippen molar-refractivity contribution < 1.29 is 13.6 Å². The summed E-state index contributed by atoms with van der Waals surface area (Å²) >= 11 is 0. The normalized spacial score (nSPS) is 11.1. The highest BCUT2D eigenvalue weighted by molar-refractivity contribution is 5.78. The van der Waals surface area contributed by atoms with Crippen molar-refractivity contribution in [3.05, 3.63) is 81.1 Å². The van der Waals surface area contributed by atoms with Gasteiger partial charge in [0.2, 0.25) is 11.8 Å². The second-order valence-corrected chi connectivity index (χ2v) is 6.24. The van der Waals surface area contributed by atoms with Crippen molar-refractivity contribution in [2.24, 2.45) is 5.73 Å². The fourth-order valence-electron chi connectivity index (χ4n) is 2.90. The number of para-hydroxylation sites is 1. The van der Waals surface area contributed by atoms with Gasteiger partial charge < -0.3 is 10.2 Å². The minimum atomic E-state index is -0.794. The van der Waals surface area contributed by atoms with E-state index in [1.807, 2.05) is 0 Å². The Morgan fingerprint density at radius 1 is 1.10 bits per heavy atom. The molecule has 0 aliphatic heterocycles. The highest BCUT2D eigenvalue weighted by Gasteiger charge is 2.17. The van der Waals surface area contributed by atoms with E-state index in [1.165, 1.54) is 24.3 Å². The average Bonchev–Trinajstić information content (AvgIpc) is 3.05. The molecule has 0 saturated heterocycles. The standard InChI is InChI=1S/C19H14FN5O4/c20-12-7-5-11(6-8-12)17-23-25(19(28)29-17)10-16-22-14-4-2-1-3-13(14)18(27)24(16)9-15(21)26/h1-8H,9-10H2,(H2,21,26). The van der Waals surface area contributed by atoms with Gasteiger partial charge >= 0.3 is 5.76 Å². The van der Waals surface area contributed by atoms with Crippen LogP contribution in [0.4, 0.5) is 4.39 Å². The number of nitrogens with zero attached hydrogens (tertiary/aromatic N) is 4. The van der Waals surface area contributed by atoms with Crippen LogP contribution in [0.2, 0.25) is 0 Å². The molecule has 2 aromatic carbocycles. The Labute approximate surface area is 161 Å². The van der Waals surface area contributed by atoms with Crippen LogP contribution in [0.25, 0.3) is 22.4 Å². The molecule has 4 aromatic rings. The highest BCUT2D eigenvalue weighted by Crippen LogP contribution is 2.16. The molecule has 1 amide bonds. The number of carbonyl (C=O) groups excluding carboxylic acids is 1. The number of hydrogen-bond donors (Lipinski definition) is 1. The zero-order chi connectivity index (χ0) is 20.5. The van der Waals surface area contributed by atoms with Crippen LogP contribution in [-0.2, 0) is 17.9 Å². The maximum absolute atomic E-state index is 13.1. The molecular formula is C19H14FN5O4. The van der Waals surface area contributed by atoms with Gasteiger partial charge in [-0.05, 0) is 36.4 Å². The van der Waals surface area contributed by atoms with E-state index in [-0.39, 0.29) is 18.3 Å². The number of primary amides is 1. The van der Waals surface area contributed by atoms with Crippen LogP contribution >= 0.6 is 0 Å². The zero-order valence-electron chi connectivity index (χ0n) is 14.9. The summed E-state index contributed by atoms with van der Waals surface area (Å²) in [5.41, 5.74) is 5.62. The number of fused-ring (bicyclic) bond motifs is 1. The van der Waals surface area contributed by atoms with E-state index < -0.39 is 29.6 Å². The number of nitrogens with two attached hydrogens (primary N) is 1. The van der Waals surface area contributed by atoms with Crippen molar-refractivity contribution in [1.29, 1.82) is 0 Å². The van der Waals surface area contributed by atoms with Crippen molar-refractivity contribution in [2.75, 3.05) is 0 Å². The number of amides is 1. The van der Waals surface area contributed by atoms with Gasteiger partial charge in [-0.25, -0.2) is 14.2 Å². The van der Waals surface area contributed by atoms with Crippen molar-refractivity contribution in [3.63, 3.8) is 0 Å². The fourth-order valence-corrected chi connectivity index (χ4v) is 2.90. The number of hydrogen-bond acceptors (Lipinski definition) is 6. The molecule has 146 valence electrons. The SMILES string of the molecule is NC(=O)Cn1c(Cn2nc(-c3ccc(F)cc3)oc2=O)nc2ccccc2c1=O. The Morgan fingerprint density at radius 3 is 2.55 bits per heavy atom. The zero-order valence-corrected chi connectivity index (χ0v) is 14.9. The molecule has 0 spiro atoms. The largest absolute Gasteiger partial charge is 0.437 e. The summed E-state index contributed by atoms with van der Waals surface area (Å²) in [5.74, 6) is -1.86. The Morgan fingerprint density at radius 2 is 1.83 bits per heavy atom. The van der Waals surface area contributed by atoms with Gasteiger partial charge in [-0.1, -0.05) is 12.1 Å². The number of halogens is 1. The Bertz CT molecular complexity index is 1340. The molecular weight excluding hydrogens is 381 g/mol. The van der Waals surface area contributed by atoms with E-state index >= 15 is 0 Å². The third-order valence-corrected chi connectivity index (χ3v) is 4.24. The number of carbonyl (C=O) groups is 1. The van der Waals surface area contributed by atoms with E-state index in [0.717, 1.165) is 9.25 Å². The molecule has 2 heterocycles. The van der Waals surface area contributed by atoms with Crippen LogP contribution in [-0.4, -0.2) is 25.2 Å². The molecule has 0 radical (unpaired) electrons. The molecule has 29 heavy (non-hydrogen) atoms. The molecule has 2 aromatic heterocycles. The van der Waals surface area contributed by atoms with Gasteiger partial charge in [-0.3, -0.25) is 14.2 Å². The third-order valence-electron chi connectivity index (χ3n) is 4.24. The molecule has 9 nitrogen and oxygen atoms in total. The topological polar surface area (TPSA) is 126 Å². The van der Waals surface area contributed by atoms with Gasteiger partial charge in [0.25, 0.3) is 5.56 Å². The summed E-state index contributed by atoms with van der Waals surface area (Å²) in [7, 11) is 0. The van der Waals surface area contributed by atoms with Gasteiger partial charge in [0.15, 0.2) is 0 Å². The number of rotatable bonds is 5. The van der Waals surface area contributed by atoms with Crippen molar-refractivity contribution in [3.8, 4) is 11.5 Å². The predicted octanol–water partition coefficient (Wildman–Crippen LogP) is 0.886. The molecule has 0 saturated carbocycles. The van der Waals surface area contributed by atoms with Crippen LogP contribution in [0.1, 0.15) is 5.82 Å². The molecule has 0 bridgehead atoms. The summed E-state index contributed by atoms with van der Waals surface area (Å²) in [6.45, 7) is -0.625. The van der Waals surface area contributed by atoms with Gasteiger partial charge in [-0.2, -0.15) is 4.68 Å². The highest BCUT2D eigenvalue weighted by atomic mass is 19.1. The average molecular weight is 395 g/mol. The lowest BCUT2D eigenvalue weighted by Gasteiger charge is -2.11. The van der Waals surface area contributed by atoms with Crippen molar-refractivity contribution >= 4 is 16.8 Å². The monoisotopic (exact) mass is 395 g/mol. The third kappa shape index (κ3) is 3.55. The van der Waals surface area contributed by atoms with Crippen molar-refractivity contribution in [1.82, 2.24) is 19.3 Å². The molecule has 4 rings (SSSR count). The van der Waals surface area contributed by atoms with Crippen LogP contribution in [0.3, 0.4) is 0 Å². The van der Waals surface area contributed by atoms with Gasteiger partial charge in [-0.15, -0.1) is 5.10 Å². The van der Waals surface area contributed by atoms with Crippen molar-refractivity contribution in [2.45, 2.75) is 13.1 Å². The van der Waals surface area contributed by atoms with Gasteiger partial charge in [0.1, 0.15) is 24.7 Å². The molecule has 0 atom stereocenters. The quantitative estimate of drug-likeness (QED) is 0.535. The van der Waals surface area contributed by atoms with E-state index in [1.54, 1.807) is 24.3 Å². The van der Waals surface area contributed by atoms with E-state index in [2.05, 4.69) is 10.1 Å². The molecule has 2 N–H and O–H groups in total. The lowest BCUT2D eigenvalue weighted by Crippen LogP contribution is -2.33. The Hall–Kier alpha value is -4.08. The fraction of sp³-hybridized carbons (Fsp3) is 0.105. The van der Waals surface area contributed by atoms with Crippen LogP contribution < -0.4 is 17.0 Å². The smallest absolute Gasteiger partial charge is 0.388 e. The molecule has 0 fully saturated rings. The van der Waals surface area contributed by atoms with E-state index in [4.69, 9.17) is 10.2 Å². The number of aromatic nitrogens is 4. The minimum Gasteiger partial charge on any atom is -0.388 e. The maximum atomic E-state index is 13.1. The van der Waals surface area contributed by atoms with Gasteiger partial charge in [0, 0.05) is 5.56 Å². The summed E-state index contributed by atoms with van der Waals surface area (Å²) < 4.78 is 20.3. The first-order valence-electron chi connectivity index (χ1n) is 8.53. The first-order chi connectivity index (χ1) is 13.9. The molecule has 10 heteroatoms. The Balaban J connectivity index is 1.80. The molecule has 0 aliphatic carbocycles. The second kappa shape index (κ2) is 7.15. The lowest BCUT2D eigenvalue weighted by atomic mass is 10.2. The van der Waals surface area contributed by atoms with E-state index in [0.29, 0.717) is 16.5 Å². The first kappa shape index (κ1) is 18.3. The summed E-state index contributed by atoms with van der Waals surface area (Å²) in [6, 6.07) is 11.9. The minimum absolute atomic E-state index is 0.0143. The van der Waals surface area contributed by atoms with Crippen LogP contribution in [0.15, 0.2) is 62.5 Å². The van der Waals surface area contributed by atoms with Crippen LogP contribution in [0.5, 0.6) is 0 Å². The van der Waals surface area contributed by atoms with E-state index in [9.17, 15) is 18.8 Å². The second-order valence-electron chi connectivity index (χ2n) is 6.24. The van der Waals surface area contributed by atoms with Gasteiger partial charge in [0.05, 0.1) is 10.9 Å². The number of benzene rings is 2. The molecule has 0 unspecified atom stereocenters. The lowest BCUT2D eigenvalue weighted by molar-refractivity contribution is -0.118. The Kier molecular flexibility index (Phi) is 4.51.